The van der Waals surface area contributed by atoms with E-state index in [0.717, 1.165) is 30.8 Å². The Bertz CT molecular complexity index is 557. The van der Waals surface area contributed by atoms with Gasteiger partial charge in [-0.2, -0.15) is 13.2 Å². The highest BCUT2D eigenvalue weighted by molar-refractivity contribution is 5.87. The van der Waals surface area contributed by atoms with Gasteiger partial charge in [0.2, 0.25) is 5.91 Å². The van der Waals surface area contributed by atoms with Crippen molar-refractivity contribution in [3.63, 3.8) is 0 Å². The van der Waals surface area contributed by atoms with E-state index in [9.17, 15) is 18.0 Å². The Hall–Kier alpha value is -1.82. The lowest BCUT2D eigenvalue weighted by molar-refractivity contribution is -0.137. The average molecular weight is 356 g/mol. The van der Waals surface area contributed by atoms with E-state index in [1.165, 1.54) is 18.2 Å². The number of aryl methyl sites for hydroxylation is 1. The van der Waals surface area contributed by atoms with Crippen LogP contribution in [0, 0.1) is 18.8 Å². The van der Waals surface area contributed by atoms with E-state index in [0.29, 0.717) is 17.9 Å². The van der Waals surface area contributed by atoms with Crippen molar-refractivity contribution in [3.05, 3.63) is 48.0 Å². The molecule has 0 radical (unpaired) electrons. The predicted octanol–water partition coefficient (Wildman–Crippen LogP) is 3.89. The molecule has 1 aromatic carbocycles. The topological polar surface area (TPSA) is 32.3 Å². The van der Waals surface area contributed by atoms with Crippen LogP contribution in [-0.2, 0) is 11.0 Å². The number of carbonyl (C=O) groups excluding carboxylic acids is 1. The fourth-order valence-electron chi connectivity index (χ4n) is 2.92. The van der Waals surface area contributed by atoms with Crippen LogP contribution in [0.1, 0.15) is 25.0 Å². The van der Waals surface area contributed by atoms with Crippen LogP contribution in [0.3, 0.4) is 0 Å². The summed E-state index contributed by atoms with van der Waals surface area (Å²) in [5, 5.41) is 2.94. The second-order valence-corrected chi connectivity index (χ2v) is 6.15. The normalized spacial score (nSPS) is 24.0. The highest BCUT2D eigenvalue weighted by Crippen LogP contribution is 2.44. The summed E-state index contributed by atoms with van der Waals surface area (Å²) < 4.78 is 35.8. The largest absolute Gasteiger partial charge is 0.416 e. The van der Waals surface area contributed by atoms with Gasteiger partial charge in [-0.3, -0.25) is 4.79 Å². The van der Waals surface area contributed by atoms with Gasteiger partial charge in [-0.1, -0.05) is 38.1 Å². The Morgan fingerprint density at radius 2 is 1.68 bits per heavy atom. The summed E-state index contributed by atoms with van der Waals surface area (Å²) in [4.78, 5) is 13.2. The van der Waals surface area contributed by atoms with Gasteiger partial charge in [0.05, 0.1) is 5.56 Å². The lowest BCUT2D eigenvalue weighted by Gasteiger charge is -2.12. The molecule has 0 spiro atoms. The molecule has 140 valence electrons. The van der Waals surface area contributed by atoms with Crippen LogP contribution >= 0.6 is 0 Å². The Morgan fingerprint density at radius 1 is 1.20 bits per heavy atom. The summed E-state index contributed by atoms with van der Waals surface area (Å²) in [6, 6.07) is 5.49. The first-order valence-electron chi connectivity index (χ1n) is 8.47. The summed E-state index contributed by atoms with van der Waals surface area (Å²) in [6.45, 7) is 11.4. The zero-order valence-corrected chi connectivity index (χ0v) is 15.2. The molecule has 1 aliphatic carbocycles. The van der Waals surface area contributed by atoms with Crippen molar-refractivity contribution in [1.82, 2.24) is 10.2 Å². The molecule has 3 rings (SSSR count). The predicted molar refractivity (Wildman–Crippen MR) is 94.1 cm³/mol. The maximum absolute atomic E-state index is 11.9. The number of hydrogen-bond donors (Lipinski definition) is 1. The lowest BCUT2D eigenvalue weighted by atomic mass is 10.1. The highest BCUT2D eigenvalue weighted by atomic mass is 19.4. The van der Waals surface area contributed by atoms with Gasteiger partial charge in [0.25, 0.3) is 0 Å². The van der Waals surface area contributed by atoms with Crippen molar-refractivity contribution in [2.24, 2.45) is 11.8 Å². The number of benzene rings is 1. The molecule has 2 unspecified atom stereocenters. The van der Waals surface area contributed by atoms with E-state index in [2.05, 4.69) is 23.8 Å². The summed E-state index contributed by atoms with van der Waals surface area (Å²) in [5.41, 5.74) is 0.237. The number of rotatable bonds is 2. The number of piperidine rings is 1. The van der Waals surface area contributed by atoms with E-state index in [1.54, 1.807) is 6.92 Å². The number of nitrogens with one attached hydrogen (secondary N) is 1. The third-order valence-electron chi connectivity index (χ3n) is 4.25. The number of amides is 1. The lowest BCUT2D eigenvalue weighted by Crippen LogP contribution is -2.32. The van der Waals surface area contributed by atoms with Crippen LogP contribution in [0.15, 0.2) is 36.9 Å². The van der Waals surface area contributed by atoms with Gasteiger partial charge in [0.1, 0.15) is 0 Å². The first kappa shape index (κ1) is 21.2. The van der Waals surface area contributed by atoms with E-state index >= 15 is 0 Å². The number of likely N-dealkylation sites (tertiary alicyclic amines) is 1. The van der Waals surface area contributed by atoms with Crippen LogP contribution in [0.2, 0.25) is 0 Å². The fraction of sp³-hybridized carbons (Fsp3) is 0.526. The van der Waals surface area contributed by atoms with Crippen LogP contribution < -0.4 is 5.32 Å². The standard InChI is InChI=1S/C9H14N2O.C8H7F3.C2H6/c1-3-8(12)10-9-6-4-11(2)5-7(6)9;1-6-2-4-7(5-3-6)8(9,10)11;1-2/h3,6-7,9H,1,4-5H2,2H3,(H,10,12);2-5H,1H3;1-2H3. The quantitative estimate of drug-likeness (QED) is 0.816. The van der Waals surface area contributed by atoms with E-state index in [1.807, 2.05) is 13.8 Å². The Balaban J connectivity index is 0.000000229. The van der Waals surface area contributed by atoms with Crippen molar-refractivity contribution in [2.75, 3.05) is 20.1 Å². The van der Waals surface area contributed by atoms with Crippen molar-refractivity contribution >= 4 is 5.91 Å². The first-order valence-corrected chi connectivity index (χ1v) is 8.47. The number of hydrogen-bond acceptors (Lipinski definition) is 2. The molecule has 3 nitrogen and oxygen atoms in total. The molecule has 1 saturated carbocycles. The molecule has 2 fully saturated rings. The van der Waals surface area contributed by atoms with Crippen molar-refractivity contribution in [1.29, 1.82) is 0 Å². The molecule has 1 amide bonds. The molecule has 2 atom stereocenters. The highest BCUT2D eigenvalue weighted by Gasteiger charge is 2.55. The minimum Gasteiger partial charge on any atom is -0.349 e. The maximum Gasteiger partial charge on any atom is 0.416 e. The van der Waals surface area contributed by atoms with E-state index in [-0.39, 0.29) is 5.91 Å². The van der Waals surface area contributed by atoms with Crippen molar-refractivity contribution in [2.45, 2.75) is 33.0 Å². The van der Waals surface area contributed by atoms with Crippen LogP contribution in [-0.4, -0.2) is 37.0 Å². The summed E-state index contributed by atoms with van der Waals surface area (Å²) >= 11 is 0. The van der Waals surface area contributed by atoms with Crippen molar-refractivity contribution < 1.29 is 18.0 Å². The zero-order valence-electron chi connectivity index (χ0n) is 15.2. The third-order valence-corrected chi connectivity index (χ3v) is 4.25. The molecular weight excluding hydrogens is 329 g/mol. The number of fused-ring (bicyclic) bond motifs is 1. The van der Waals surface area contributed by atoms with Gasteiger partial charge in [0.15, 0.2) is 0 Å². The number of halogens is 3. The molecule has 6 heteroatoms. The Kier molecular flexibility index (Phi) is 7.67. The van der Waals surface area contributed by atoms with E-state index in [4.69, 9.17) is 0 Å². The zero-order chi connectivity index (χ0) is 19.2. The molecule has 0 bridgehead atoms. The monoisotopic (exact) mass is 356 g/mol. The molecule has 1 N–H and O–H groups in total. The summed E-state index contributed by atoms with van der Waals surface area (Å²) in [5.74, 6) is 1.38. The molecular formula is C19H27F3N2O. The summed E-state index contributed by atoms with van der Waals surface area (Å²) in [6.07, 6.45) is -2.87. The second kappa shape index (κ2) is 9.04. The number of alkyl halides is 3. The van der Waals surface area contributed by atoms with Gasteiger partial charge in [-0.05, 0) is 44.0 Å². The second-order valence-electron chi connectivity index (χ2n) is 6.15. The van der Waals surface area contributed by atoms with Crippen LogP contribution in [0.5, 0.6) is 0 Å². The third kappa shape index (κ3) is 6.20. The molecule has 25 heavy (non-hydrogen) atoms. The van der Waals surface area contributed by atoms with Crippen LogP contribution in [0.25, 0.3) is 0 Å². The van der Waals surface area contributed by atoms with Gasteiger partial charge >= 0.3 is 6.18 Å². The van der Waals surface area contributed by atoms with Crippen LogP contribution in [0.4, 0.5) is 13.2 Å². The van der Waals surface area contributed by atoms with Gasteiger partial charge in [0, 0.05) is 19.1 Å². The minimum atomic E-state index is -4.21. The van der Waals surface area contributed by atoms with E-state index < -0.39 is 11.7 Å². The molecule has 1 heterocycles. The average Bonchev–Trinajstić information content (AvgIpc) is 3.02. The number of carbonyl (C=O) groups is 1. The van der Waals surface area contributed by atoms with Gasteiger partial charge < -0.3 is 10.2 Å². The molecule has 1 saturated heterocycles. The first-order chi connectivity index (χ1) is 11.7. The van der Waals surface area contributed by atoms with Gasteiger partial charge in [-0.25, -0.2) is 0 Å². The summed E-state index contributed by atoms with van der Waals surface area (Å²) in [7, 11) is 2.12. The molecule has 1 aliphatic heterocycles. The SMILES string of the molecule is C=CC(=O)NC1C2CN(C)CC21.CC.Cc1ccc(C(F)(F)F)cc1. The van der Waals surface area contributed by atoms with Gasteiger partial charge in [-0.15, -0.1) is 0 Å². The van der Waals surface area contributed by atoms with Crippen molar-refractivity contribution in [3.8, 4) is 0 Å². The minimum absolute atomic E-state index is 0.0305. The molecule has 1 aromatic rings. The molecule has 2 aliphatic rings. The Labute approximate surface area is 147 Å². The Morgan fingerprint density at radius 3 is 2.08 bits per heavy atom. The fourth-order valence-corrected chi connectivity index (χ4v) is 2.92. The smallest absolute Gasteiger partial charge is 0.349 e. The molecule has 0 aromatic heterocycles. The number of nitrogens with zero attached hydrogens (tertiary/aromatic N) is 1. The maximum atomic E-state index is 11.9.